The van der Waals surface area contributed by atoms with E-state index in [-0.39, 0.29) is 30.3 Å². The van der Waals surface area contributed by atoms with Crippen molar-refractivity contribution in [3.05, 3.63) is 59.7 Å². The Kier molecular flexibility index (Phi) is 11.1. The zero-order chi connectivity index (χ0) is 28.4. The van der Waals surface area contributed by atoms with Crippen molar-refractivity contribution in [2.75, 3.05) is 0 Å². The lowest BCUT2D eigenvalue weighted by Crippen LogP contribution is -2.58. The van der Waals surface area contributed by atoms with E-state index in [1.165, 1.54) is 31.2 Å². The summed E-state index contributed by atoms with van der Waals surface area (Å²) in [6, 6.07) is 7.75. The molecule has 38 heavy (non-hydrogen) atoms. The van der Waals surface area contributed by atoms with Gasteiger partial charge in [-0.2, -0.15) is 0 Å². The quantitative estimate of drug-likeness (QED) is 0.199. The van der Waals surface area contributed by atoms with Gasteiger partial charge < -0.3 is 37.0 Å². The number of nitrogens with two attached hydrogens (primary N) is 1. The lowest BCUT2D eigenvalue weighted by atomic mass is 10.0. The molecule has 4 unspecified atom stereocenters. The highest BCUT2D eigenvalue weighted by molar-refractivity contribution is 5.94. The third-order valence-corrected chi connectivity index (χ3v) is 5.81. The van der Waals surface area contributed by atoms with Crippen LogP contribution >= 0.6 is 0 Å². The molecule has 4 atom stereocenters. The second-order valence-corrected chi connectivity index (χ2v) is 9.67. The number of carboxylic acid groups (broad SMARTS) is 1. The monoisotopic (exact) mass is 528 g/mol. The van der Waals surface area contributed by atoms with E-state index in [2.05, 4.69) is 16.0 Å². The normalized spacial score (nSPS) is 14.1. The lowest BCUT2D eigenvalue weighted by molar-refractivity contribution is -0.141. The van der Waals surface area contributed by atoms with Crippen LogP contribution < -0.4 is 21.7 Å². The fourth-order valence-corrected chi connectivity index (χ4v) is 3.70. The molecule has 0 aromatic heterocycles. The average molecular weight is 529 g/mol. The molecule has 0 heterocycles. The third-order valence-electron chi connectivity index (χ3n) is 5.81. The predicted octanol–water partition coefficient (Wildman–Crippen LogP) is 0.815. The van der Waals surface area contributed by atoms with Gasteiger partial charge in [-0.25, -0.2) is 0 Å². The molecule has 0 fully saturated rings. The molecule has 0 aliphatic heterocycles. The van der Waals surface area contributed by atoms with E-state index in [1.54, 1.807) is 24.3 Å². The molecule has 206 valence electrons. The molecule has 2 aromatic rings. The van der Waals surface area contributed by atoms with E-state index < -0.39 is 47.9 Å². The van der Waals surface area contributed by atoms with Crippen LogP contribution in [0.1, 0.15) is 38.3 Å². The fraction of sp³-hybridized carbons (Fsp3) is 0.407. The van der Waals surface area contributed by atoms with Crippen LogP contribution in [0.4, 0.5) is 0 Å². The first-order valence-corrected chi connectivity index (χ1v) is 12.3. The van der Waals surface area contributed by atoms with Gasteiger partial charge in [0, 0.05) is 12.8 Å². The van der Waals surface area contributed by atoms with E-state index in [0.29, 0.717) is 17.5 Å². The summed E-state index contributed by atoms with van der Waals surface area (Å²) in [5.74, 6) is -2.97. The van der Waals surface area contributed by atoms with E-state index in [9.17, 15) is 34.5 Å². The largest absolute Gasteiger partial charge is 0.508 e. The molecule has 11 nitrogen and oxygen atoms in total. The fourth-order valence-electron chi connectivity index (χ4n) is 3.70. The summed E-state index contributed by atoms with van der Waals surface area (Å²) in [6.45, 7) is 5.13. The van der Waals surface area contributed by atoms with Crippen LogP contribution in [-0.4, -0.2) is 63.2 Å². The van der Waals surface area contributed by atoms with Gasteiger partial charge in [-0.15, -0.1) is 0 Å². The number of amides is 3. The van der Waals surface area contributed by atoms with E-state index in [0.717, 1.165) is 0 Å². The van der Waals surface area contributed by atoms with Gasteiger partial charge in [-0.3, -0.25) is 19.2 Å². The Morgan fingerprint density at radius 2 is 1.11 bits per heavy atom. The molecule has 0 saturated carbocycles. The Balaban J connectivity index is 2.30. The molecule has 0 aliphatic rings. The van der Waals surface area contributed by atoms with E-state index >= 15 is 0 Å². The first-order chi connectivity index (χ1) is 17.8. The molecule has 2 aromatic carbocycles. The number of phenolic OH excluding ortho intramolecular Hbond substituents is 2. The zero-order valence-corrected chi connectivity index (χ0v) is 21.7. The number of hydrogen-bond acceptors (Lipinski definition) is 7. The molecule has 0 bridgehead atoms. The molecule has 11 heteroatoms. The van der Waals surface area contributed by atoms with Gasteiger partial charge in [0.1, 0.15) is 29.6 Å². The Bertz CT molecular complexity index is 1100. The smallest absolute Gasteiger partial charge is 0.325 e. The number of carboxylic acids is 1. The Morgan fingerprint density at radius 1 is 0.711 bits per heavy atom. The number of nitrogens with one attached hydrogen (secondary N) is 3. The van der Waals surface area contributed by atoms with Crippen molar-refractivity contribution < 1.29 is 34.5 Å². The highest BCUT2D eigenvalue weighted by Gasteiger charge is 2.30. The van der Waals surface area contributed by atoms with Gasteiger partial charge in [0.15, 0.2) is 0 Å². The van der Waals surface area contributed by atoms with Gasteiger partial charge >= 0.3 is 5.97 Å². The minimum Gasteiger partial charge on any atom is -0.508 e. The highest BCUT2D eigenvalue weighted by Crippen LogP contribution is 2.14. The maximum atomic E-state index is 13.4. The molecule has 2 rings (SSSR count). The van der Waals surface area contributed by atoms with Crippen molar-refractivity contribution in [3.63, 3.8) is 0 Å². The number of aromatic hydroxyl groups is 2. The van der Waals surface area contributed by atoms with Crippen molar-refractivity contribution in [3.8, 4) is 11.5 Å². The average Bonchev–Trinajstić information content (AvgIpc) is 2.85. The summed E-state index contributed by atoms with van der Waals surface area (Å²) in [4.78, 5) is 50.4. The number of phenols is 2. The molecular formula is C27H36N4O7. The molecule has 0 spiro atoms. The third kappa shape index (κ3) is 9.74. The van der Waals surface area contributed by atoms with E-state index in [1.807, 2.05) is 13.8 Å². The van der Waals surface area contributed by atoms with Gasteiger partial charge in [-0.05, 0) is 54.7 Å². The maximum Gasteiger partial charge on any atom is 0.325 e. The number of benzene rings is 2. The topological polar surface area (TPSA) is 191 Å². The van der Waals surface area contributed by atoms with Crippen LogP contribution in [0.2, 0.25) is 0 Å². The van der Waals surface area contributed by atoms with Crippen molar-refractivity contribution in [1.29, 1.82) is 0 Å². The van der Waals surface area contributed by atoms with Gasteiger partial charge in [0.05, 0.1) is 6.04 Å². The second-order valence-electron chi connectivity index (χ2n) is 9.67. The summed E-state index contributed by atoms with van der Waals surface area (Å²) in [6.07, 6.45) is 0.445. The molecular weight excluding hydrogens is 492 g/mol. The van der Waals surface area contributed by atoms with Crippen molar-refractivity contribution in [2.24, 2.45) is 11.7 Å². The molecule has 3 amide bonds. The number of carbonyl (C=O) groups is 4. The summed E-state index contributed by atoms with van der Waals surface area (Å²) < 4.78 is 0. The zero-order valence-electron chi connectivity index (χ0n) is 21.7. The van der Waals surface area contributed by atoms with Crippen LogP contribution in [0.25, 0.3) is 0 Å². The predicted molar refractivity (Wildman–Crippen MR) is 140 cm³/mol. The SMILES string of the molecule is CC(C)CC(N)C(=O)NC(Cc1ccc(O)cc1)C(=O)NC(Cc1ccc(O)cc1)C(=O)NC(C)C(=O)O. The highest BCUT2D eigenvalue weighted by atomic mass is 16.4. The lowest BCUT2D eigenvalue weighted by Gasteiger charge is -2.25. The van der Waals surface area contributed by atoms with Crippen LogP contribution in [-0.2, 0) is 32.0 Å². The second kappa shape index (κ2) is 14.0. The van der Waals surface area contributed by atoms with Crippen molar-refractivity contribution in [2.45, 2.75) is 64.2 Å². The number of rotatable bonds is 13. The summed E-state index contributed by atoms with van der Waals surface area (Å²) in [5.41, 5.74) is 7.25. The minimum atomic E-state index is -1.25. The van der Waals surface area contributed by atoms with Crippen molar-refractivity contribution >= 4 is 23.7 Å². The number of aliphatic carboxylic acids is 1. The Morgan fingerprint density at radius 3 is 1.50 bits per heavy atom. The molecule has 0 aliphatic carbocycles. The Labute approximate surface area is 221 Å². The molecule has 8 N–H and O–H groups in total. The molecule has 0 radical (unpaired) electrons. The number of hydrogen-bond donors (Lipinski definition) is 7. The first kappa shape index (κ1) is 30.1. The summed E-state index contributed by atoms with van der Waals surface area (Å²) in [5, 5.41) is 36.0. The van der Waals surface area contributed by atoms with Crippen LogP contribution in [0.15, 0.2) is 48.5 Å². The van der Waals surface area contributed by atoms with Crippen LogP contribution in [0.5, 0.6) is 11.5 Å². The summed E-state index contributed by atoms with van der Waals surface area (Å²) >= 11 is 0. The van der Waals surface area contributed by atoms with Gasteiger partial charge in [0.2, 0.25) is 17.7 Å². The van der Waals surface area contributed by atoms with Crippen molar-refractivity contribution in [1.82, 2.24) is 16.0 Å². The summed E-state index contributed by atoms with van der Waals surface area (Å²) in [7, 11) is 0. The minimum absolute atomic E-state index is 0.00304. The maximum absolute atomic E-state index is 13.4. The molecule has 0 saturated heterocycles. The Hall–Kier alpha value is -4.12. The van der Waals surface area contributed by atoms with Gasteiger partial charge in [0.25, 0.3) is 0 Å². The van der Waals surface area contributed by atoms with E-state index in [4.69, 9.17) is 5.73 Å². The standard InChI is InChI=1S/C27H36N4O7/c1-15(2)12-21(28)24(34)30-23(14-18-6-10-20(33)11-7-18)26(36)31-22(25(35)29-16(3)27(37)38)13-17-4-8-19(32)9-5-17/h4-11,15-16,21-23,32-33H,12-14,28H2,1-3H3,(H,29,35)(H,30,34)(H,31,36)(H,37,38). The van der Waals surface area contributed by atoms with Crippen LogP contribution in [0.3, 0.4) is 0 Å². The first-order valence-electron chi connectivity index (χ1n) is 12.3. The number of carbonyl (C=O) groups excluding carboxylic acids is 3. The van der Waals surface area contributed by atoms with Crippen LogP contribution in [0, 0.1) is 5.92 Å². The van der Waals surface area contributed by atoms with Gasteiger partial charge in [-0.1, -0.05) is 38.1 Å².